The van der Waals surface area contributed by atoms with E-state index in [0.717, 1.165) is 12.3 Å². The monoisotopic (exact) mass is 459 g/mol. The third-order valence-corrected chi connectivity index (χ3v) is 5.21. The minimum Gasteiger partial charge on any atom is -0.493 e. The number of carbonyl (C=O) groups excluding carboxylic acids is 1. The number of nitrogens with zero attached hydrogens (tertiary/aromatic N) is 3. The maximum Gasteiger partial charge on any atom is 0.417 e. The largest absolute Gasteiger partial charge is 0.493 e. The first kappa shape index (κ1) is 22.8. The number of ether oxygens (including phenoxy) is 3. The number of piperazine rings is 1. The Kier molecular flexibility index (Phi) is 6.68. The first-order valence-electron chi connectivity index (χ1n) is 9.26. The molecule has 1 amide bonds. The van der Waals surface area contributed by atoms with Gasteiger partial charge in [0.2, 0.25) is 5.75 Å². The Bertz CT molecular complexity index is 938. The van der Waals surface area contributed by atoms with E-state index in [1.165, 1.54) is 21.3 Å². The number of aromatic nitrogens is 1. The lowest BCUT2D eigenvalue weighted by Crippen LogP contribution is -2.49. The van der Waals surface area contributed by atoms with Crippen LogP contribution in [0, 0.1) is 0 Å². The van der Waals surface area contributed by atoms with E-state index in [-0.39, 0.29) is 16.7 Å². The number of halogens is 4. The number of benzene rings is 1. The molecular weight excluding hydrogens is 439 g/mol. The van der Waals surface area contributed by atoms with Crippen molar-refractivity contribution < 1.29 is 32.2 Å². The van der Waals surface area contributed by atoms with E-state index in [1.807, 2.05) is 0 Å². The van der Waals surface area contributed by atoms with E-state index in [4.69, 9.17) is 25.8 Å². The molecule has 0 unspecified atom stereocenters. The molecule has 0 atom stereocenters. The molecule has 2 heterocycles. The second-order valence-corrected chi connectivity index (χ2v) is 7.13. The summed E-state index contributed by atoms with van der Waals surface area (Å²) in [6, 6.07) is 4.01. The molecule has 0 radical (unpaired) electrons. The molecule has 2 aromatic rings. The molecule has 7 nitrogen and oxygen atoms in total. The third-order valence-electron chi connectivity index (χ3n) is 4.93. The van der Waals surface area contributed by atoms with E-state index in [9.17, 15) is 18.0 Å². The number of amides is 1. The molecule has 0 spiro atoms. The number of anilines is 1. The maximum absolute atomic E-state index is 13.0. The van der Waals surface area contributed by atoms with Crippen molar-refractivity contribution in [1.29, 1.82) is 0 Å². The fraction of sp³-hybridized carbons (Fsp3) is 0.400. The molecule has 11 heteroatoms. The summed E-state index contributed by atoms with van der Waals surface area (Å²) >= 11 is 6.03. The molecule has 31 heavy (non-hydrogen) atoms. The van der Waals surface area contributed by atoms with Crippen LogP contribution in [0.3, 0.4) is 0 Å². The van der Waals surface area contributed by atoms with Crippen molar-refractivity contribution >= 4 is 23.3 Å². The average molecular weight is 460 g/mol. The van der Waals surface area contributed by atoms with E-state index in [1.54, 1.807) is 21.9 Å². The van der Waals surface area contributed by atoms with Crippen LogP contribution in [0.25, 0.3) is 0 Å². The number of rotatable bonds is 5. The van der Waals surface area contributed by atoms with Gasteiger partial charge in [0.15, 0.2) is 11.5 Å². The van der Waals surface area contributed by atoms with Crippen molar-refractivity contribution in [3.8, 4) is 17.2 Å². The topological polar surface area (TPSA) is 64.1 Å². The van der Waals surface area contributed by atoms with Crippen LogP contribution < -0.4 is 19.1 Å². The number of methoxy groups -OCH3 is 3. The van der Waals surface area contributed by atoms with Crippen LogP contribution in [0.5, 0.6) is 17.2 Å². The Morgan fingerprint density at radius 1 is 1.00 bits per heavy atom. The van der Waals surface area contributed by atoms with Gasteiger partial charge in [0.25, 0.3) is 5.91 Å². The summed E-state index contributed by atoms with van der Waals surface area (Å²) in [5.74, 6) is 1.14. The van der Waals surface area contributed by atoms with E-state index < -0.39 is 11.7 Å². The molecule has 0 saturated carbocycles. The highest BCUT2D eigenvalue weighted by Crippen LogP contribution is 2.39. The average Bonchev–Trinajstić information content (AvgIpc) is 2.77. The lowest BCUT2D eigenvalue weighted by molar-refractivity contribution is -0.137. The van der Waals surface area contributed by atoms with Gasteiger partial charge in [-0.1, -0.05) is 11.6 Å². The van der Waals surface area contributed by atoms with Gasteiger partial charge >= 0.3 is 6.18 Å². The van der Waals surface area contributed by atoms with E-state index in [0.29, 0.717) is 49.0 Å². The predicted octanol–water partition coefficient (Wildman–Crippen LogP) is 3.74. The second kappa shape index (κ2) is 9.09. The summed E-state index contributed by atoms with van der Waals surface area (Å²) in [5, 5.41) is -0.0840. The Balaban J connectivity index is 1.73. The zero-order valence-corrected chi connectivity index (χ0v) is 17.9. The highest BCUT2D eigenvalue weighted by atomic mass is 35.5. The maximum atomic E-state index is 13.0. The summed E-state index contributed by atoms with van der Waals surface area (Å²) in [5.41, 5.74) is -0.536. The predicted molar refractivity (Wildman–Crippen MR) is 108 cm³/mol. The number of hydrogen-bond acceptors (Lipinski definition) is 6. The lowest BCUT2D eigenvalue weighted by Gasteiger charge is -2.36. The molecule has 0 N–H and O–H groups in total. The Hall–Kier alpha value is -2.88. The van der Waals surface area contributed by atoms with Crippen molar-refractivity contribution in [1.82, 2.24) is 9.88 Å². The van der Waals surface area contributed by atoms with Gasteiger partial charge in [0.1, 0.15) is 5.82 Å². The molecule has 168 valence electrons. The normalized spacial score (nSPS) is 14.4. The van der Waals surface area contributed by atoms with Gasteiger partial charge in [-0.3, -0.25) is 4.79 Å². The molecule has 0 bridgehead atoms. The molecule has 1 fully saturated rings. The van der Waals surface area contributed by atoms with Crippen molar-refractivity contribution in [2.75, 3.05) is 52.4 Å². The summed E-state index contributed by atoms with van der Waals surface area (Å²) in [6.45, 7) is 1.42. The fourth-order valence-corrected chi connectivity index (χ4v) is 3.61. The molecule has 0 aliphatic carbocycles. The highest BCUT2D eigenvalue weighted by molar-refractivity contribution is 6.33. The van der Waals surface area contributed by atoms with Crippen LogP contribution in [0.15, 0.2) is 24.4 Å². The van der Waals surface area contributed by atoms with Crippen molar-refractivity contribution in [3.05, 3.63) is 40.5 Å². The SMILES string of the molecule is COc1cc(C(=O)N2CCN(c3ncc(C(F)(F)F)cc3Cl)CC2)cc(OC)c1OC. The minimum atomic E-state index is -4.51. The van der Waals surface area contributed by atoms with E-state index >= 15 is 0 Å². The number of carbonyl (C=O) groups is 1. The number of pyridine rings is 1. The lowest BCUT2D eigenvalue weighted by atomic mass is 10.1. The summed E-state index contributed by atoms with van der Waals surface area (Å²) in [7, 11) is 4.40. The summed E-state index contributed by atoms with van der Waals surface area (Å²) in [4.78, 5) is 20.3. The first-order chi connectivity index (χ1) is 14.7. The number of alkyl halides is 3. The standard InChI is InChI=1S/C20H21ClF3N3O4/c1-29-15-8-12(9-16(30-2)17(15)31-3)19(28)27-6-4-26(5-7-27)18-14(21)10-13(11-25-18)20(22,23)24/h8-11H,4-7H2,1-3H3. The quantitative estimate of drug-likeness (QED) is 0.678. The van der Waals surface area contributed by atoms with Crippen molar-refractivity contribution in [3.63, 3.8) is 0 Å². The highest BCUT2D eigenvalue weighted by Gasteiger charge is 2.32. The van der Waals surface area contributed by atoms with Crippen LogP contribution in [0.1, 0.15) is 15.9 Å². The molecule has 3 rings (SSSR count). The molecule has 1 aromatic carbocycles. The molecule has 1 aromatic heterocycles. The van der Waals surface area contributed by atoms with Crippen LogP contribution in [0.2, 0.25) is 5.02 Å². The Labute approximate surface area is 182 Å². The Morgan fingerprint density at radius 2 is 1.58 bits per heavy atom. The molecular formula is C20H21ClF3N3O4. The van der Waals surface area contributed by atoms with Gasteiger partial charge in [-0.25, -0.2) is 4.98 Å². The zero-order chi connectivity index (χ0) is 22.8. The zero-order valence-electron chi connectivity index (χ0n) is 17.1. The van der Waals surface area contributed by atoms with Gasteiger partial charge in [-0.2, -0.15) is 13.2 Å². The number of hydrogen-bond donors (Lipinski definition) is 0. The summed E-state index contributed by atoms with van der Waals surface area (Å²) < 4.78 is 54.3. The molecule has 1 aliphatic heterocycles. The van der Waals surface area contributed by atoms with Crippen LogP contribution in [-0.4, -0.2) is 63.3 Å². The third kappa shape index (κ3) is 4.73. The van der Waals surface area contributed by atoms with Gasteiger partial charge in [-0.05, 0) is 18.2 Å². The van der Waals surface area contributed by atoms with Gasteiger partial charge in [-0.15, -0.1) is 0 Å². The Morgan fingerprint density at radius 3 is 2.03 bits per heavy atom. The van der Waals surface area contributed by atoms with Crippen LogP contribution in [-0.2, 0) is 6.18 Å². The first-order valence-corrected chi connectivity index (χ1v) is 9.64. The second-order valence-electron chi connectivity index (χ2n) is 6.72. The van der Waals surface area contributed by atoms with Gasteiger partial charge in [0, 0.05) is 37.9 Å². The van der Waals surface area contributed by atoms with Gasteiger partial charge in [0.05, 0.1) is 31.9 Å². The van der Waals surface area contributed by atoms with Gasteiger partial charge < -0.3 is 24.0 Å². The van der Waals surface area contributed by atoms with Crippen LogP contribution in [0.4, 0.5) is 19.0 Å². The summed E-state index contributed by atoms with van der Waals surface area (Å²) in [6.07, 6.45) is -3.75. The van der Waals surface area contributed by atoms with E-state index in [2.05, 4.69) is 4.98 Å². The smallest absolute Gasteiger partial charge is 0.417 e. The molecule has 1 saturated heterocycles. The minimum absolute atomic E-state index is 0.0840. The van der Waals surface area contributed by atoms with Crippen molar-refractivity contribution in [2.45, 2.75) is 6.18 Å². The fourth-order valence-electron chi connectivity index (χ4n) is 3.33. The van der Waals surface area contributed by atoms with Crippen molar-refractivity contribution in [2.24, 2.45) is 0 Å². The molecule has 1 aliphatic rings. The van der Waals surface area contributed by atoms with Crippen LogP contribution >= 0.6 is 11.6 Å².